The van der Waals surface area contributed by atoms with E-state index in [2.05, 4.69) is 10.0 Å². The summed E-state index contributed by atoms with van der Waals surface area (Å²) < 4.78 is 40.1. The number of hydrogen-bond donors (Lipinski definition) is 2. The number of benzene rings is 2. The molecule has 7 heteroatoms. The van der Waals surface area contributed by atoms with Gasteiger partial charge in [-0.3, -0.25) is 4.79 Å². The monoisotopic (exact) mass is 376 g/mol. The molecule has 0 spiro atoms. The largest absolute Gasteiger partial charge is 0.322 e. The van der Waals surface area contributed by atoms with E-state index >= 15 is 0 Å². The molecule has 2 rings (SSSR count). The van der Waals surface area contributed by atoms with Crippen molar-refractivity contribution in [2.24, 2.45) is 0 Å². The lowest BCUT2D eigenvalue weighted by Gasteiger charge is -2.20. The standard InChI is InChI=1S/C19H21FN2O3S/c1-19(2,3)22-26(24,25)17-6-4-5-16(13-17)21-18(23)12-9-14-7-10-15(20)11-8-14/h4-13,22H,1-3H3,(H,21,23)/b12-9+. The summed E-state index contributed by atoms with van der Waals surface area (Å²) in [6.45, 7) is 5.24. The van der Waals surface area contributed by atoms with Crippen LogP contribution in [-0.2, 0) is 14.8 Å². The first-order valence-electron chi connectivity index (χ1n) is 7.94. The molecule has 0 radical (unpaired) electrons. The van der Waals surface area contributed by atoms with E-state index in [0.717, 1.165) is 0 Å². The zero-order valence-electron chi connectivity index (χ0n) is 14.8. The van der Waals surface area contributed by atoms with Gasteiger partial charge in [0.25, 0.3) is 0 Å². The molecule has 0 heterocycles. The summed E-state index contributed by atoms with van der Waals surface area (Å²) in [4.78, 5) is 12.1. The van der Waals surface area contributed by atoms with E-state index in [-0.39, 0.29) is 10.7 Å². The molecular weight excluding hydrogens is 355 g/mol. The molecular formula is C19H21FN2O3S. The fourth-order valence-electron chi connectivity index (χ4n) is 2.13. The minimum atomic E-state index is -3.69. The van der Waals surface area contributed by atoms with Crippen LogP contribution in [0.25, 0.3) is 6.08 Å². The third-order valence-electron chi connectivity index (χ3n) is 3.15. The summed E-state index contributed by atoms with van der Waals surface area (Å²) >= 11 is 0. The maximum absolute atomic E-state index is 12.9. The maximum atomic E-state index is 12.9. The highest BCUT2D eigenvalue weighted by Crippen LogP contribution is 2.17. The van der Waals surface area contributed by atoms with Crippen LogP contribution in [0.2, 0.25) is 0 Å². The fourth-order valence-corrected chi connectivity index (χ4v) is 3.60. The highest BCUT2D eigenvalue weighted by atomic mass is 32.2. The Labute approximate surface area is 153 Å². The number of hydrogen-bond acceptors (Lipinski definition) is 3. The van der Waals surface area contributed by atoms with Gasteiger partial charge in [-0.25, -0.2) is 17.5 Å². The van der Waals surface area contributed by atoms with Gasteiger partial charge in [0.1, 0.15) is 5.82 Å². The number of carbonyl (C=O) groups is 1. The van der Waals surface area contributed by atoms with Gasteiger partial charge in [0.2, 0.25) is 15.9 Å². The Balaban J connectivity index is 2.10. The highest BCUT2D eigenvalue weighted by Gasteiger charge is 2.22. The van der Waals surface area contributed by atoms with Gasteiger partial charge in [-0.05, 0) is 62.7 Å². The molecule has 0 aliphatic rings. The van der Waals surface area contributed by atoms with Gasteiger partial charge in [0.05, 0.1) is 4.90 Å². The molecule has 2 aromatic carbocycles. The second-order valence-electron chi connectivity index (χ2n) is 6.76. The molecule has 0 saturated heterocycles. The molecule has 0 fully saturated rings. The van der Waals surface area contributed by atoms with Crippen LogP contribution in [0.5, 0.6) is 0 Å². The van der Waals surface area contributed by atoms with Crippen molar-refractivity contribution in [1.29, 1.82) is 0 Å². The van der Waals surface area contributed by atoms with Crippen LogP contribution in [0.15, 0.2) is 59.5 Å². The number of nitrogens with one attached hydrogen (secondary N) is 2. The molecule has 2 N–H and O–H groups in total. The van der Waals surface area contributed by atoms with Crippen molar-refractivity contribution in [2.75, 3.05) is 5.32 Å². The van der Waals surface area contributed by atoms with Crippen molar-refractivity contribution in [2.45, 2.75) is 31.2 Å². The van der Waals surface area contributed by atoms with Crippen molar-refractivity contribution in [1.82, 2.24) is 4.72 Å². The Morgan fingerprint density at radius 1 is 1.08 bits per heavy atom. The lowest BCUT2D eigenvalue weighted by Crippen LogP contribution is -2.40. The van der Waals surface area contributed by atoms with E-state index in [0.29, 0.717) is 11.3 Å². The van der Waals surface area contributed by atoms with E-state index < -0.39 is 21.5 Å². The third kappa shape index (κ3) is 6.09. The average Bonchev–Trinajstić information content (AvgIpc) is 2.52. The van der Waals surface area contributed by atoms with E-state index in [1.165, 1.54) is 36.4 Å². The Morgan fingerprint density at radius 2 is 1.73 bits per heavy atom. The summed E-state index contributed by atoms with van der Waals surface area (Å²) in [7, 11) is -3.69. The minimum Gasteiger partial charge on any atom is -0.322 e. The molecule has 0 aliphatic heterocycles. The van der Waals surface area contributed by atoms with E-state index in [1.54, 1.807) is 45.0 Å². The molecule has 2 aromatic rings. The molecule has 0 aromatic heterocycles. The van der Waals surface area contributed by atoms with Crippen LogP contribution in [-0.4, -0.2) is 19.9 Å². The lowest BCUT2D eigenvalue weighted by atomic mass is 10.1. The van der Waals surface area contributed by atoms with Crippen molar-refractivity contribution in [3.05, 3.63) is 66.0 Å². The second-order valence-corrected chi connectivity index (χ2v) is 8.44. The van der Waals surface area contributed by atoms with Crippen molar-refractivity contribution >= 4 is 27.7 Å². The molecule has 1 amide bonds. The van der Waals surface area contributed by atoms with Gasteiger partial charge >= 0.3 is 0 Å². The number of amides is 1. The fraction of sp³-hybridized carbons (Fsp3) is 0.211. The summed E-state index contributed by atoms with van der Waals surface area (Å²) in [5, 5.41) is 2.61. The van der Waals surface area contributed by atoms with Crippen molar-refractivity contribution in [3.8, 4) is 0 Å². The summed E-state index contributed by atoms with van der Waals surface area (Å²) in [6, 6.07) is 11.7. The summed E-state index contributed by atoms with van der Waals surface area (Å²) in [6.07, 6.45) is 2.83. The Bertz CT molecular complexity index is 915. The van der Waals surface area contributed by atoms with Crippen LogP contribution in [0.1, 0.15) is 26.3 Å². The number of rotatable bonds is 5. The SMILES string of the molecule is CC(C)(C)NS(=O)(=O)c1cccc(NC(=O)/C=C/c2ccc(F)cc2)c1. The number of sulfonamides is 1. The van der Waals surface area contributed by atoms with Crippen molar-refractivity contribution in [3.63, 3.8) is 0 Å². The summed E-state index contributed by atoms with van der Waals surface area (Å²) in [5.74, 6) is -0.777. The normalized spacial score (nSPS) is 12.3. The van der Waals surface area contributed by atoms with Crippen LogP contribution in [0.3, 0.4) is 0 Å². The predicted molar refractivity (Wildman–Crippen MR) is 101 cm³/mol. The molecule has 5 nitrogen and oxygen atoms in total. The van der Waals surface area contributed by atoms with Crippen LogP contribution < -0.4 is 10.0 Å². The quantitative estimate of drug-likeness (QED) is 0.784. The predicted octanol–water partition coefficient (Wildman–Crippen LogP) is 3.55. The first-order chi connectivity index (χ1) is 12.0. The average molecular weight is 376 g/mol. The van der Waals surface area contributed by atoms with Gasteiger partial charge in [0, 0.05) is 17.3 Å². The molecule has 0 unspecified atom stereocenters. The zero-order valence-corrected chi connectivity index (χ0v) is 15.6. The number of halogens is 1. The van der Waals surface area contributed by atoms with Gasteiger partial charge in [-0.1, -0.05) is 18.2 Å². The number of anilines is 1. The molecule has 26 heavy (non-hydrogen) atoms. The van der Waals surface area contributed by atoms with Crippen molar-refractivity contribution < 1.29 is 17.6 Å². The lowest BCUT2D eigenvalue weighted by molar-refractivity contribution is -0.111. The molecule has 0 saturated carbocycles. The third-order valence-corrected chi connectivity index (χ3v) is 4.91. The zero-order chi connectivity index (χ0) is 19.4. The maximum Gasteiger partial charge on any atom is 0.248 e. The van der Waals surface area contributed by atoms with Gasteiger partial charge in [-0.2, -0.15) is 0 Å². The highest BCUT2D eigenvalue weighted by molar-refractivity contribution is 7.89. The van der Waals surface area contributed by atoms with Gasteiger partial charge in [-0.15, -0.1) is 0 Å². The first kappa shape index (κ1) is 19.8. The van der Waals surface area contributed by atoms with Crippen LogP contribution in [0.4, 0.5) is 10.1 Å². The topological polar surface area (TPSA) is 75.3 Å². The van der Waals surface area contributed by atoms with E-state index in [9.17, 15) is 17.6 Å². The second kappa shape index (κ2) is 7.80. The first-order valence-corrected chi connectivity index (χ1v) is 9.42. The minimum absolute atomic E-state index is 0.0627. The summed E-state index contributed by atoms with van der Waals surface area (Å²) in [5.41, 5.74) is 0.415. The number of carbonyl (C=O) groups excluding carboxylic acids is 1. The Hall–Kier alpha value is -2.51. The Kier molecular flexibility index (Phi) is 5.94. The van der Waals surface area contributed by atoms with E-state index in [4.69, 9.17) is 0 Å². The van der Waals surface area contributed by atoms with Gasteiger partial charge in [0.15, 0.2) is 0 Å². The molecule has 138 valence electrons. The molecule has 0 atom stereocenters. The molecule has 0 aliphatic carbocycles. The van der Waals surface area contributed by atoms with E-state index in [1.807, 2.05) is 0 Å². The van der Waals surface area contributed by atoms with Crippen LogP contribution in [0, 0.1) is 5.82 Å². The van der Waals surface area contributed by atoms with Crippen LogP contribution >= 0.6 is 0 Å². The van der Waals surface area contributed by atoms with Gasteiger partial charge < -0.3 is 5.32 Å². The smallest absolute Gasteiger partial charge is 0.248 e. The molecule has 0 bridgehead atoms. The Morgan fingerprint density at radius 3 is 2.35 bits per heavy atom.